The third-order valence-corrected chi connectivity index (χ3v) is 4.37. The quantitative estimate of drug-likeness (QED) is 0.846. The van der Waals surface area contributed by atoms with Crippen LogP contribution >= 0.6 is 0 Å². The Balaban J connectivity index is 2.02. The molecule has 0 spiro atoms. The summed E-state index contributed by atoms with van der Waals surface area (Å²) in [6.45, 7) is 0.137. The highest BCUT2D eigenvalue weighted by atomic mass is 16.5. The molecule has 0 saturated carbocycles. The third kappa shape index (κ3) is 2.85. The van der Waals surface area contributed by atoms with Crippen LogP contribution in [0.2, 0.25) is 0 Å². The van der Waals surface area contributed by atoms with Crippen LogP contribution in [0.25, 0.3) is 0 Å². The molecule has 3 rings (SSSR count). The van der Waals surface area contributed by atoms with Crippen LogP contribution in [0, 0.1) is 5.92 Å². The minimum atomic E-state index is -0.485. The molecule has 2 N–H and O–H groups in total. The second kappa shape index (κ2) is 7.03. The molecule has 7 nitrogen and oxygen atoms in total. The number of hydrogen-bond donors (Lipinski definition) is 2. The number of fused-ring (bicyclic) bond motifs is 1. The topological polar surface area (TPSA) is 94.5 Å². The van der Waals surface area contributed by atoms with Crippen molar-refractivity contribution >= 4 is 5.78 Å². The van der Waals surface area contributed by atoms with Crippen LogP contribution in [-0.4, -0.2) is 43.9 Å². The van der Waals surface area contributed by atoms with Crippen molar-refractivity contribution in [1.29, 1.82) is 0 Å². The number of Topliss-reactive ketones (excluding diaryl/α,β-unsaturated/α-hetero) is 1. The molecule has 0 amide bonds. The van der Waals surface area contributed by atoms with E-state index in [-0.39, 0.29) is 52.5 Å². The van der Waals surface area contributed by atoms with Crippen molar-refractivity contribution in [2.24, 2.45) is 5.92 Å². The van der Waals surface area contributed by atoms with Gasteiger partial charge in [0.05, 0.1) is 33.9 Å². The molecule has 1 heterocycles. The fraction of sp³-hybridized carbons (Fsp3) is 0.316. The van der Waals surface area contributed by atoms with Crippen LogP contribution < -0.4 is 18.9 Å². The molecule has 1 aliphatic heterocycles. The third-order valence-electron chi connectivity index (χ3n) is 4.37. The van der Waals surface area contributed by atoms with Gasteiger partial charge in [0.1, 0.15) is 11.3 Å². The first-order chi connectivity index (χ1) is 12.5. The average molecular weight is 360 g/mol. The highest BCUT2D eigenvalue weighted by molar-refractivity contribution is 6.06. The summed E-state index contributed by atoms with van der Waals surface area (Å²) in [6, 6.07) is 6.61. The molecule has 0 saturated heterocycles. The van der Waals surface area contributed by atoms with E-state index < -0.39 is 5.92 Å². The van der Waals surface area contributed by atoms with Gasteiger partial charge in [0.15, 0.2) is 17.3 Å². The first kappa shape index (κ1) is 17.7. The van der Waals surface area contributed by atoms with Crippen molar-refractivity contribution in [1.82, 2.24) is 0 Å². The second-order valence-electron chi connectivity index (χ2n) is 5.90. The molecule has 26 heavy (non-hydrogen) atoms. The lowest BCUT2D eigenvalue weighted by Crippen LogP contribution is -2.30. The van der Waals surface area contributed by atoms with Crippen LogP contribution in [-0.2, 0) is 6.42 Å². The molecule has 0 fully saturated rings. The zero-order valence-corrected chi connectivity index (χ0v) is 14.7. The Hall–Kier alpha value is -3.09. The maximum absolute atomic E-state index is 13.0. The smallest absolute Gasteiger partial charge is 0.211 e. The van der Waals surface area contributed by atoms with E-state index >= 15 is 0 Å². The van der Waals surface area contributed by atoms with E-state index in [2.05, 4.69) is 0 Å². The number of carbonyl (C=O) groups excluding carboxylic acids is 1. The largest absolute Gasteiger partial charge is 0.508 e. The number of phenolic OH excluding ortho intramolecular Hbond substituents is 2. The lowest BCUT2D eigenvalue weighted by Gasteiger charge is -2.28. The highest BCUT2D eigenvalue weighted by Gasteiger charge is 2.38. The summed E-state index contributed by atoms with van der Waals surface area (Å²) in [6.07, 6.45) is 0.411. The first-order valence-electron chi connectivity index (χ1n) is 8.01. The minimum absolute atomic E-state index is 0.0188. The highest BCUT2D eigenvalue weighted by Crippen LogP contribution is 2.54. The zero-order valence-electron chi connectivity index (χ0n) is 14.7. The minimum Gasteiger partial charge on any atom is -0.508 e. The lowest BCUT2D eigenvalue weighted by atomic mass is 9.88. The zero-order chi connectivity index (χ0) is 18.8. The number of ketones is 1. The summed E-state index contributed by atoms with van der Waals surface area (Å²) in [4.78, 5) is 13.0. The summed E-state index contributed by atoms with van der Waals surface area (Å²) in [5.74, 6) is -0.397. The van der Waals surface area contributed by atoms with Gasteiger partial charge in [-0.05, 0) is 24.1 Å². The van der Waals surface area contributed by atoms with Gasteiger partial charge < -0.3 is 29.2 Å². The van der Waals surface area contributed by atoms with Crippen LogP contribution in [0.5, 0.6) is 34.5 Å². The van der Waals surface area contributed by atoms with Gasteiger partial charge in [0.25, 0.3) is 0 Å². The maximum Gasteiger partial charge on any atom is 0.211 e. The fourth-order valence-electron chi connectivity index (χ4n) is 3.11. The predicted molar refractivity (Wildman–Crippen MR) is 92.9 cm³/mol. The number of rotatable bonds is 5. The van der Waals surface area contributed by atoms with Crippen LogP contribution in [0.15, 0.2) is 24.3 Å². The molecule has 2 aromatic carbocycles. The number of carbonyl (C=O) groups is 1. The predicted octanol–water partition coefficient (Wildman–Crippen LogP) is 2.56. The SMILES string of the molecule is COc1c(O)c2c(c(OC)c1OC)OCC(Cc1ccc(O)cc1)C2=O. The number of aromatic hydroxyl groups is 2. The summed E-state index contributed by atoms with van der Waals surface area (Å²) < 4.78 is 21.5. The summed E-state index contributed by atoms with van der Waals surface area (Å²) in [7, 11) is 4.20. The molecular formula is C19H20O7. The van der Waals surface area contributed by atoms with Crippen molar-refractivity contribution < 1.29 is 34.0 Å². The normalized spacial score (nSPS) is 15.8. The van der Waals surface area contributed by atoms with Crippen LogP contribution in [0.4, 0.5) is 0 Å². The number of methoxy groups -OCH3 is 3. The number of hydrogen-bond acceptors (Lipinski definition) is 7. The number of benzene rings is 2. The Morgan fingerprint density at radius 1 is 1.00 bits per heavy atom. The van der Waals surface area contributed by atoms with E-state index in [1.807, 2.05) is 0 Å². The Bertz CT molecular complexity index is 827. The lowest BCUT2D eigenvalue weighted by molar-refractivity contribution is 0.0818. The van der Waals surface area contributed by atoms with Gasteiger partial charge in [-0.1, -0.05) is 12.1 Å². The first-order valence-corrected chi connectivity index (χ1v) is 8.01. The van der Waals surface area contributed by atoms with Crippen molar-refractivity contribution in [2.75, 3.05) is 27.9 Å². The number of phenols is 2. The van der Waals surface area contributed by atoms with E-state index in [1.54, 1.807) is 24.3 Å². The molecule has 0 aliphatic carbocycles. The molecule has 7 heteroatoms. The Labute approximate surface area is 150 Å². The summed E-state index contributed by atoms with van der Waals surface area (Å²) in [5, 5.41) is 19.9. The van der Waals surface area contributed by atoms with Gasteiger partial charge in [-0.2, -0.15) is 0 Å². The molecule has 1 aliphatic rings. The molecular weight excluding hydrogens is 340 g/mol. The summed E-state index contributed by atoms with van der Waals surface area (Å²) in [5.41, 5.74) is 0.898. The van der Waals surface area contributed by atoms with Gasteiger partial charge in [-0.25, -0.2) is 0 Å². The van der Waals surface area contributed by atoms with Gasteiger partial charge in [0, 0.05) is 0 Å². The molecule has 138 valence electrons. The maximum atomic E-state index is 13.0. The van der Waals surface area contributed by atoms with Crippen molar-refractivity contribution in [3.05, 3.63) is 35.4 Å². The molecule has 1 atom stereocenters. The van der Waals surface area contributed by atoms with E-state index in [4.69, 9.17) is 18.9 Å². The Morgan fingerprint density at radius 2 is 1.62 bits per heavy atom. The second-order valence-corrected chi connectivity index (χ2v) is 5.90. The number of ether oxygens (including phenoxy) is 4. The van der Waals surface area contributed by atoms with Crippen LogP contribution in [0.3, 0.4) is 0 Å². The monoisotopic (exact) mass is 360 g/mol. The fourth-order valence-corrected chi connectivity index (χ4v) is 3.11. The molecule has 0 bridgehead atoms. The van der Waals surface area contributed by atoms with E-state index in [9.17, 15) is 15.0 Å². The van der Waals surface area contributed by atoms with Crippen LogP contribution in [0.1, 0.15) is 15.9 Å². The van der Waals surface area contributed by atoms with Crippen molar-refractivity contribution in [3.8, 4) is 34.5 Å². The van der Waals surface area contributed by atoms with Gasteiger partial charge >= 0.3 is 0 Å². The molecule has 0 aromatic heterocycles. The van der Waals surface area contributed by atoms with Crippen molar-refractivity contribution in [3.63, 3.8) is 0 Å². The van der Waals surface area contributed by atoms with Gasteiger partial charge in [0.2, 0.25) is 17.2 Å². The molecule has 0 radical (unpaired) electrons. The Kier molecular flexibility index (Phi) is 4.79. The van der Waals surface area contributed by atoms with Crippen molar-refractivity contribution in [2.45, 2.75) is 6.42 Å². The molecule has 1 unspecified atom stereocenters. The Morgan fingerprint density at radius 3 is 2.19 bits per heavy atom. The average Bonchev–Trinajstić information content (AvgIpc) is 2.65. The van der Waals surface area contributed by atoms with E-state index in [0.29, 0.717) is 6.42 Å². The van der Waals surface area contributed by atoms with Gasteiger partial charge in [-0.15, -0.1) is 0 Å². The summed E-state index contributed by atoms with van der Waals surface area (Å²) >= 11 is 0. The van der Waals surface area contributed by atoms with Gasteiger partial charge in [-0.3, -0.25) is 4.79 Å². The molecule has 2 aromatic rings. The van der Waals surface area contributed by atoms with E-state index in [0.717, 1.165) is 5.56 Å². The van der Waals surface area contributed by atoms with E-state index in [1.165, 1.54) is 21.3 Å². The standard InChI is InChI=1S/C19H20O7/c1-23-17-15(22)13-14(21)11(8-10-4-6-12(20)7-5-10)9-26-16(13)18(24-2)19(17)25-3/h4-7,11,20,22H,8-9H2,1-3H3.